The van der Waals surface area contributed by atoms with Crippen molar-refractivity contribution in [2.24, 2.45) is 0 Å². The Labute approximate surface area is 90.0 Å². The summed E-state index contributed by atoms with van der Waals surface area (Å²) >= 11 is 0. The number of nitrogens with one attached hydrogen (secondary N) is 1. The molecule has 2 rings (SSSR count). The lowest BCUT2D eigenvalue weighted by atomic mass is 10.2. The van der Waals surface area contributed by atoms with Gasteiger partial charge in [0.1, 0.15) is 6.23 Å². The van der Waals surface area contributed by atoms with Crippen molar-refractivity contribution in [3.8, 4) is 0 Å². The number of nitrogens with zero attached hydrogens (tertiary/aromatic N) is 1. The van der Waals surface area contributed by atoms with Crippen molar-refractivity contribution in [3.05, 3.63) is 24.3 Å². The molecule has 1 heterocycles. The van der Waals surface area contributed by atoms with E-state index in [0.29, 0.717) is 0 Å². The molecular weight excluding hydrogens is 190 g/mol. The van der Waals surface area contributed by atoms with Gasteiger partial charge in [-0.25, -0.2) is 0 Å². The van der Waals surface area contributed by atoms with Gasteiger partial charge in [0, 0.05) is 31.6 Å². The Hall–Kier alpha value is -1.26. The van der Waals surface area contributed by atoms with Gasteiger partial charge in [-0.2, -0.15) is 0 Å². The van der Waals surface area contributed by atoms with Crippen LogP contribution in [-0.4, -0.2) is 33.0 Å². The summed E-state index contributed by atoms with van der Waals surface area (Å²) in [7, 11) is 1.73. The van der Waals surface area contributed by atoms with Crippen LogP contribution < -0.4 is 16.0 Å². The van der Waals surface area contributed by atoms with Crippen molar-refractivity contribution in [1.82, 2.24) is 5.32 Å². The molecule has 0 aliphatic carbocycles. The first-order chi connectivity index (χ1) is 7.29. The Kier molecular flexibility index (Phi) is 3.08. The molecule has 1 aliphatic rings. The Morgan fingerprint density at radius 2 is 2.13 bits per heavy atom. The summed E-state index contributed by atoms with van der Waals surface area (Å²) in [6.45, 7) is 2.83. The van der Waals surface area contributed by atoms with E-state index >= 15 is 0 Å². The Morgan fingerprint density at radius 3 is 2.80 bits per heavy atom. The topological polar surface area (TPSA) is 50.5 Å². The highest BCUT2D eigenvalue weighted by Crippen LogP contribution is 2.17. The highest BCUT2D eigenvalue weighted by atomic mass is 16.5. The molecule has 1 aliphatic heterocycles. The van der Waals surface area contributed by atoms with E-state index < -0.39 is 0 Å². The fraction of sp³-hybridized carbons (Fsp3) is 0.455. The molecule has 82 valence electrons. The Bertz CT molecular complexity index is 312. The van der Waals surface area contributed by atoms with Gasteiger partial charge in [0.05, 0.1) is 6.54 Å². The average molecular weight is 207 g/mol. The van der Waals surface area contributed by atoms with Crippen LogP contribution in [0.3, 0.4) is 0 Å². The number of ether oxygens (including phenoxy) is 1. The van der Waals surface area contributed by atoms with E-state index in [0.717, 1.165) is 25.3 Å². The largest absolute Gasteiger partial charge is 0.399 e. The molecule has 0 spiro atoms. The third-order valence-electron chi connectivity index (χ3n) is 2.68. The highest BCUT2D eigenvalue weighted by molar-refractivity contribution is 5.53. The maximum absolute atomic E-state index is 5.65. The second-order valence-electron chi connectivity index (χ2n) is 3.72. The van der Waals surface area contributed by atoms with E-state index in [1.54, 1.807) is 7.11 Å². The summed E-state index contributed by atoms with van der Waals surface area (Å²) in [6, 6.07) is 7.96. The predicted molar refractivity (Wildman–Crippen MR) is 61.9 cm³/mol. The third kappa shape index (κ3) is 2.40. The smallest absolute Gasteiger partial charge is 0.125 e. The molecule has 15 heavy (non-hydrogen) atoms. The number of benzene rings is 1. The average Bonchev–Trinajstić information content (AvgIpc) is 2.30. The van der Waals surface area contributed by atoms with Crippen molar-refractivity contribution in [3.63, 3.8) is 0 Å². The molecule has 1 atom stereocenters. The first-order valence-corrected chi connectivity index (χ1v) is 5.16. The zero-order chi connectivity index (χ0) is 10.7. The number of nitrogen functional groups attached to an aromatic ring is 1. The van der Waals surface area contributed by atoms with Crippen LogP contribution in [0, 0.1) is 0 Å². The van der Waals surface area contributed by atoms with Crippen LogP contribution in [0.5, 0.6) is 0 Å². The van der Waals surface area contributed by atoms with E-state index in [-0.39, 0.29) is 6.23 Å². The lowest BCUT2D eigenvalue weighted by Gasteiger charge is -2.34. The van der Waals surface area contributed by atoms with Crippen molar-refractivity contribution in [2.75, 3.05) is 37.4 Å². The number of anilines is 2. The molecule has 1 fully saturated rings. The molecular formula is C11H17N3O. The van der Waals surface area contributed by atoms with E-state index in [2.05, 4.69) is 10.2 Å². The molecule has 0 radical (unpaired) electrons. The van der Waals surface area contributed by atoms with Crippen LogP contribution in [0.2, 0.25) is 0 Å². The van der Waals surface area contributed by atoms with E-state index in [4.69, 9.17) is 10.5 Å². The number of rotatable bonds is 2. The van der Waals surface area contributed by atoms with E-state index in [9.17, 15) is 0 Å². The predicted octanol–water partition coefficient (Wildman–Crippen LogP) is 0.651. The first kappa shape index (κ1) is 10.3. The monoisotopic (exact) mass is 207 g/mol. The van der Waals surface area contributed by atoms with Gasteiger partial charge in [-0.05, 0) is 24.3 Å². The van der Waals surface area contributed by atoms with Gasteiger partial charge in [0.2, 0.25) is 0 Å². The zero-order valence-corrected chi connectivity index (χ0v) is 8.94. The molecule has 1 saturated heterocycles. The van der Waals surface area contributed by atoms with E-state index in [1.807, 2.05) is 24.3 Å². The molecule has 4 nitrogen and oxygen atoms in total. The highest BCUT2D eigenvalue weighted by Gasteiger charge is 2.18. The van der Waals surface area contributed by atoms with Gasteiger partial charge in [-0.1, -0.05) is 0 Å². The zero-order valence-electron chi connectivity index (χ0n) is 8.94. The van der Waals surface area contributed by atoms with Crippen LogP contribution in [0.25, 0.3) is 0 Å². The number of hydrogen-bond donors (Lipinski definition) is 2. The molecule has 0 unspecified atom stereocenters. The molecule has 4 heteroatoms. The van der Waals surface area contributed by atoms with Crippen molar-refractivity contribution in [2.45, 2.75) is 6.23 Å². The van der Waals surface area contributed by atoms with Crippen molar-refractivity contribution in [1.29, 1.82) is 0 Å². The minimum Gasteiger partial charge on any atom is -0.399 e. The summed E-state index contributed by atoms with van der Waals surface area (Å²) in [5.74, 6) is 0. The van der Waals surface area contributed by atoms with Crippen LogP contribution in [0.1, 0.15) is 0 Å². The van der Waals surface area contributed by atoms with Gasteiger partial charge < -0.3 is 15.4 Å². The van der Waals surface area contributed by atoms with Crippen LogP contribution in [-0.2, 0) is 4.74 Å². The SMILES string of the molecule is CO[C@H]1CN(c2ccc(N)cc2)CCN1. The van der Waals surface area contributed by atoms with Crippen molar-refractivity contribution >= 4 is 11.4 Å². The maximum Gasteiger partial charge on any atom is 0.125 e. The summed E-state index contributed by atoms with van der Waals surface area (Å²) < 4.78 is 5.29. The molecule has 1 aromatic carbocycles. The molecule has 0 bridgehead atoms. The summed E-state index contributed by atoms with van der Waals surface area (Å²) in [5, 5.41) is 3.29. The van der Waals surface area contributed by atoms with Gasteiger partial charge in [0.25, 0.3) is 0 Å². The van der Waals surface area contributed by atoms with Crippen LogP contribution in [0.15, 0.2) is 24.3 Å². The van der Waals surface area contributed by atoms with Gasteiger partial charge in [0.15, 0.2) is 0 Å². The molecule has 0 amide bonds. The fourth-order valence-corrected chi connectivity index (χ4v) is 1.79. The third-order valence-corrected chi connectivity index (χ3v) is 2.68. The maximum atomic E-state index is 5.65. The summed E-state index contributed by atoms with van der Waals surface area (Å²) in [6.07, 6.45) is 0.122. The normalized spacial score (nSPS) is 21.7. The Morgan fingerprint density at radius 1 is 1.40 bits per heavy atom. The second kappa shape index (κ2) is 4.51. The summed E-state index contributed by atoms with van der Waals surface area (Å²) in [4.78, 5) is 2.30. The van der Waals surface area contributed by atoms with E-state index in [1.165, 1.54) is 5.69 Å². The molecule has 0 saturated carbocycles. The minimum absolute atomic E-state index is 0.122. The minimum atomic E-state index is 0.122. The molecule has 3 N–H and O–H groups in total. The lowest BCUT2D eigenvalue weighted by molar-refractivity contribution is 0.0706. The fourth-order valence-electron chi connectivity index (χ4n) is 1.79. The molecule has 1 aromatic rings. The standard InChI is InChI=1S/C11H17N3O/c1-15-11-8-14(7-6-13-11)10-4-2-9(12)3-5-10/h2-5,11,13H,6-8,12H2,1H3/t11-/m0/s1. The number of methoxy groups -OCH3 is 1. The quantitative estimate of drug-likeness (QED) is 0.699. The number of hydrogen-bond acceptors (Lipinski definition) is 4. The molecule has 0 aromatic heterocycles. The second-order valence-corrected chi connectivity index (χ2v) is 3.72. The van der Waals surface area contributed by atoms with Crippen LogP contribution >= 0.6 is 0 Å². The van der Waals surface area contributed by atoms with Gasteiger partial charge in [-0.15, -0.1) is 0 Å². The van der Waals surface area contributed by atoms with Crippen molar-refractivity contribution < 1.29 is 4.74 Å². The lowest BCUT2D eigenvalue weighted by Crippen LogP contribution is -2.51. The first-order valence-electron chi connectivity index (χ1n) is 5.16. The number of nitrogens with two attached hydrogens (primary N) is 1. The van der Waals surface area contributed by atoms with Crippen LogP contribution in [0.4, 0.5) is 11.4 Å². The van der Waals surface area contributed by atoms with Gasteiger partial charge >= 0.3 is 0 Å². The summed E-state index contributed by atoms with van der Waals surface area (Å²) in [5.41, 5.74) is 7.66. The number of piperazine rings is 1. The Balaban J connectivity index is 2.06. The van der Waals surface area contributed by atoms with Gasteiger partial charge in [-0.3, -0.25) is 5.32 Å².